The second-order valence-corrected chi connectivity index (χ2v) is 14.7. The Labute approximate surface area is 320 Å². The highest BCUT2D eigenvalue weighted by Crippen LogP contribution is 2.39. The second-order valence-electron chi connectivity index (χ2n) is 12.5. The van der Waals surface area contributed by atoms with Gasteiger partial charge >= 0.3 is 0 Å². The van der Waals surface area contributed by atoms with Gasteiger partial charge in [-0.3, -0.25) is 0 Å². The molecule has 262 valence electrons. The molecule has 4 aromatic heterocycles. The number of nitrogens with zero attached hydrogens (tertiary/aromatic N) is 4. The molecule has 4 heterocycles. The van der Waals surface area contributed by atoms with Crippen molar-refractivity contribution in [1.29, 1.82) is 0 Å². The molecular formula is C44H32N6O2S2. The van der Waals surface area contributed by atoms with Gasteiger partial charge in [0.1, 0.15) is 11.5 Å². The molecule has 0 fully saturated rings. The third-order valence-electron chi connectivity index (χ3n) is 8.46. The van der Waals surface area contributed by atoms with Crippen molar-refractivity contribution < 1.29 is 10.2 Å². The van der Waals surface area contributed by atoms with E-state index in [-0.39, 0.29) is 11.5 Å². The Morgan fingerprint density at radius 3 is 1.33 bits per heavy atom. The predicted octanol–water partition coefficient (Wildman–Crippen LogP) is 10.8. The summed E-state index contributed by atoms with van der Waals surface area (Å²) in [5, 5.41) is 28.8. The molecule has 0 radical (unpaired) electrons. The van der Waals surface area contributed by atoms with Gasteiger partial charge in [-0.1, -0.05) is 35.4 Å². The minimum absolute atomic E-state index is 0.223. The number of hydrogen-bond donors (Lipinski definition) is 4. The van der Waals surface area contributed by atoms with E-state index in [1.54, 1.807) is 60.2 Å². The SMILES string of the molecule is Cc1ccc2c(Nc3cc(C#Cc4ccc(Sc5ccc(O)cc5)c(Nc5ccnc6nc(C)ccc56)c4)ccc3Sc3ccc(O)cc3)ccnc2n1. The van der Waals surface area contributed by atoms with Gasteiger partial charge in [0, 0.05) is 65.3 Å². The predicted molar refractivity (Wildman–Crippen MR) is 218 cm³/mol. The molecule has 0 saturated carbocycles. The van der Waals surface area contributed by atoms with Crippen molar-refractivity contribution in [2.45, 2.75) is 33.4 Å². The molecule has 54 heavy (non-hydrogen) atoms. The van der Waals surface area contributed by atoms with Crippen LogP contribution in [0.15, 0.2) is 153 Å². The Balaban J connectivity index is 1.15. The van der Waals surface area contributed by atoms with Crippen LogP contribution in [-0.2, 0) is 0 Å². The van der Waals surface area contributed by atoms with Gasteiger partial charge in [-0.2, -0.15) is 0 Å². The Morgan fingerprint density at radius 2 is 0.907 bits per heavy atom. The fraction of sp³-hybridized carbons (Fsp3) is 0.0455. The molecule has 0 aliphatic heterocycles. The molecule has 4 aromatic carbocycles. The molecule has 10 heteroatoms. The maximum Gasteiger partial charge on any atom is 0.161 e. The van der Waals surface area contributed by atoms with E-state index in [1.165, 1.54) is 0 Å². The summed E-state index contributed by atoms with van der Waals surface area (Å²) in [6, 6.07) is 38.5. The summed E-state index contributed by atoms with van der Waals surface area (Å²) < 4.78 is 0. The first-order valence-electron chi connectivity index (χ1n) is 17.1. The highest BCUT2D eigenvalue weighted by Gasteiger charge is 2.12. The summed E-state index contributed by atoms with van der Waals surface area (Å²) in [4.78, 5) is 22.2. The van der Waals surface area contributed by atoms with Crippen LogP contribution >= 0.6 is 23.5 Å². The van der Waals surface area contributed by atoms with Crippen LogP contribution in [-0.4, -0.2) is 30.1 Å². The van der Waals surface area contributed by atoms with Crippen molar-refractivity contribution in [3.63, 3.8) is 0 Å². The highest BCUT2D eigenvalue weighted by molar-refractivity contribution is 7.99. The molecule has 0 bridgehead atoms. The zero-order valence-corrected chi connectivity index (χ0v) is 30.8. The van der Waals surface area contributed by atoms with E-state index in [0.717, 1.165) is 75.6 Å². The molecule has 0 aliphatic carbocycles. The lowest BCUT2D eigenvalue weighted by Gasteiger charge is -2.15. The highest BCUT2D eigenvalue weighted by atomic mass is 32.2. The van der Waals surface area contributed by atoms with E-state index < -0.39 is 0 Å². The number of rotatable bonds is 8. The van der Waals surface area contributed by atoms with Crippen molar-refractivity contribution in [2.24, 2.45) is 0 Å². The molecule has 0 spiro atoms. The molecule has 8 rings (SSSR count). The van der Waals surface area contributed by atoms with Crippen molar-refractivity contribution in [3.8, 4) is 23.3 Å². The molecule has 8 nitrogen and oxygen atoms in total. The number of pyridine rings is 4. The van der Waals surface area contributed by atoms with Crippen molar-refractivity contribution in [2.75, 3.05) is 10.6 Å². The normalized spacial score (nSPS) is 10.9. The van der Waals surface area contributed by atoms with Crippen LogP contribution < -0.4 is 10.6 Å². The average Bonchev–Trinajstić information content (AvgIpc) is 3.17. The van der Waals surface area contributed by atoms with Gasteiger partial charge in [0.15, 0.2) is 11.3 Å². The Bertz CT molecular complexity index is 2540. The number of aromatic hydroxyl groups is 2. The maximum absolute atomic E-state index is 9.85. The average molecular weight is 741 g/mol. The lowest BCUT2D eigenvalue weighted by atomic mass is 10.1. The topological polar surface area (TPSA) is 116 Å². The molecule has 0 atom stereocenters. The lowest BCUT2D eigenvalue weighted by molar-refractivity contribution is 0.474. The van der Waals surface area contributed by atoms with Gasteiger partial charge in [-0.05, 0) is 135 Å². The van der Waals surface area contributed by atoms with Gasteiger partial charge in [-0.15, -0.1) is 0 Å². The summed E-state index contributed by atoms with van der Waals surface area (Å²) in [6.07, 6.45) is 3.52. The zero-order valence-electron chi connectivity index (χ0n) is 29.2. The summed E-state index contributed by atoms with van der Waals surface area (Å²) in [6.45, 7) is 3.91. The van der Waals surface area contributed by atoms with Crippen LogP contribution in [0, 0.1) is 25.7 Å². The number of nitrogens with one attached hydrogen (secondary N) is 2. The summed E-state index contributed by atoms with van der Waals surface area (Å²) in [7, 11) is 0. The number of anilines is 4. The van der Waals surface area contributed by atoms with Crippen LogP contribution in [0.3, 0.4) is 0 Å². The lowest BCUT2D eigenvalue weighted by Crippen LogP contribution is -1.97. The molecule has 4 N–H and O–H groups in total. The minimum Gasteiger partial charge on any atom is -0.508 e. The smallest absolute Gasteiger partial charge is 0.161 e. The van der Waals surface area contributed by atoms with Crippen LogP contribution in [0.25, 0.3) is 22.1 Å². The van der Waals surface area contributed by atoms with Crippen molar-refractivity contribution in [1.82, 2.24) is 19.9 Å². The first-order valence-corrected chi connectivity index (χ1v) is 18.7. The maximum atomic E-state index is 9.85. The molecule has 8 aromatic rings. The third kappa shape index (κ3) is 7.93. The van der Waals surface area contributed by atoms with E-state index in [9.17, 15) is 10.2 Å². The van der Waals surface area contributed by atoms with Gasteiger partial charge in [-0.25, -0.2) is 19.9 Å². The number of phenols is 2. The van der Waals surface area contributed by atoms with Gasteiger partial charge in [0.05, 0.1) is 22.7 Å². The summed E-state index contributed by atoms with van der Waals surface area (Å²) in [5.74, 6) is 7.23. The third-order valence-corrected chi connectivity index (χ3v) is 10.6. The van der Waals surface area contributed by atoms with Gasteiger partial charge < -0.3 is 20.8 Å². The van der Waals surface area contributed by atoms with E-state index >= 15 is 0 Å². The first-order chi connectivity index (χ1) is 26.3. The molecule has 0 aliphatic rings. The molecule has 0 unspecified atom stereocenters. The molecule has 0 amide bonds. The van der Waals surface area contributed by atoms with E-state index in [4.69, 9.17) is 0 Å². The molecular weight excluding hydrogens is 709 g/mol. The number of aryl methyl sites for hydroxylation is 2. The largest absolute Gasteiger partial charge is 0.508 e. The number of aromatic nitrogens is 4. The number of hydrogen-bond acceptors (Lipinski definition) is 10. The molecule has 0 saturated heterocycles. The van der Waals surface area contributed by atoms with Gasteiger partial charge in [0.2, 0.25) is 0 Å². The van der Waals surface area contributed by atoms with Crippen LogP contribution in [0.5, 0.6) is 11.5 Å². The van der Waals surface area contributed by atoms with Crippen LogP contribution in [0.2, 0.25) is 0 Å². The fourth-order valence-electron chi connectivity index (χ4n) is 5.77. The number of fused-ring (bicyclic) bond motifs is 2. The van der Waals surface area contributed by atoms with Crippen molar-refractivity contribution in [3.05, 3.63) is 156 Å². The van der Waals surface area contributed by atoms with Gasteiger partial charge in [0.25, 0.3) is 0 Å². The Kier molecular flexibility index (Phi) is 9.73. The van der Waals surface area contributed by atoms with E-state index in [1.807, 2.05) is 86.6 Å². The van der Waals surface area contributed by atoms with E-state index in [0.29, 0.717) is 11.3 Å². The Hall–Kier alpha value is -6.54. The standard InChI is InChI=1S/C44H32N6O2S2/c1-27-3-17-35-37(21-23-45-43(35)47-27)49-39-25-29(7-19-41(39)53-33-13-9-31(51)10-14-33)5-6-30-8-20-42(54-34-15-11-32(52)12-16-34)40(26-30)50-38-22-24-46-44-36(38)18-4-28(2)48-44/h3-4,7-26,51-52H,1-2H3,(H,45,47,49)(H,46,48,50). The number of phenolic OH excluding ortho intramolecular Hbond substituents is 2. The van der Waals surface area contributed by atoms with E-state index in [2.05, 4.69) is 66.7 Å². The summed E-state index contributed by atoms with van der Waals surface area (Å²) in [5.41, 5.74) is 8.34. The zero-order chi connectivity index (χ0) is 37.0. The monoisotopic (exact) mass is 740 g/mol. The van der Waals surface area contributed by atoms with Crippen LogP contribution in [0.1, 0.15) is 22.5 Å². The minimum atomic E-state index is 0.223. The van der Waals surface area contributed by atoms with Crippen LogP contribution in [0.4, 0.5) is 22.7 Å². The Morgan fingerprint density at radius 1 is 0.481 bits per heavy atom. The summed E-state index contributed by atoms with van der Waals surface area (Å²) >= 11 is 3.19. The fourth-order valence-corrected chi connectivity index (χ4v) is 7.54. The second kappa shape index (κ2) is 15.2. The van der Waals surface area contributed by atoms with Crippen molar-refractivity contribution >= 4 is 68.3 Å². The quantitative estimate of drug-likeness (QED) is 0.112. The first kappa shape index (κ1) is 34.5. The number of benzene rings is 4.